The summed E-state index contributed by atoms with van der Waals surface area (Å²) < 4.78 is 11.6. The van der Waals surface area contributed by atoms with Gasteiger partial charge >= 0.3 is 11.9 Å². The van der Waals surface area contributed by atoms with Gasteiger partial charge in [-0.05, 0) is 82.2 Å². The lowest BCUT2D eigenvalue weighted by Gasteiger charge is -2.22. The molecule has 2 aromatic carbocycles. The number of nitrogens with zero attached hydrogens (tertiary/aromatic N) is 2. The molecule has 220 valence electrons. The Morgan fingerprint density at radius 1 is 0.976 bits per heavy atom. The van der Waals surface area contributed by atoms with E-state index < -0.39 is 17.7 Å². The van der Waals surface area contributed by atoms with Crippen LogP contribution in [0.3, 0.4) is 0 Å². The van der Waals surface area contributed by atoms with Gasteiger partial charge in [0.2, 0.25) is 0 Å². The van der Waals surface area contributed by atoms with Crippen molar-refractivity contribution in [2.24, 2.45) is 0 Å². The quantitative estimate of drug-likeness (QED) is 0.165. The maximum absolute atomic E-state index is 13.1. The van der Waals surface area contributed by atoms with Gasteiger partial charge in [-0.1, -0.05) is 57.9 Å². The van der Waals surface area contributed by atoms with Crippen molar-refractivity contribution in [3.8, 4) is 17.0 Å². The standard InChI is InChI=1S/C34H44N2O5/c1-5-6-7-8-9-10-15-30(32(37)38)40-25-17-19-27-29(21-25)35-22-36-31(27)24-16-18-26(33(39)41-34(2,3)4)28(20-24)23-13-11-12-14-23/h16-23,30H,5-15H2,1-4H3,(H,37,38). The lowest BCUT2D eigenvalue weighted by Crippen LogP contribution is -2.26. The molecule has 1 fully saturated rings. The normalized spacial score (nSPS) is 14.7. The number of rotatable bonds is 13. The van der Waals surface area contributed by atoms with Crippen LogP contribution in [0, 0.1) is 0 Å². The fourth-order valence-electron chi connectivity index (χ4n) is 5.65. The van der Waals surface area contributed by atoms with Crippen molar-refractivity contribution in [2.75, 3.05) is 0 Å². The van der Waals surface area contributed by atoms with Gasteiger partial charge in [-0.3, -0.25) is 0 Å². The number of carbonyl (C=O) groups is 2. The Morgan fingerprint density at radius 2 is 1.71 bits per heavy atom. The van der Waals surface area contributed by atoms with E-state index in [0.29, 0.717) is 29.2 Å². The zero-order valence-electron chi connectivity index (χ0n) is 24.9. The van der Waals surface area contributed by atoms with E-state index in [-0.39, 0.29) is 5.97 Å². The van der Waals surface area contributed by atoms with Crippen LogP contribution in [0.1, 0.15) is 120 Å². The maximum Gasteiger partial charge on any atom is 0.344 e. The summed E-state index contributed by atoms with van der Waals surface area (Å²) in [7, 11) is 0. The Balaban J connectivity index is 1.57. The van der Waals surface area contributed by atoms with E-state index in [4.69, 9.17) is 9.47 Å². The summed E-state index contributed by atoms with van der Waals surface area (Å²) in [5, 5.41) is 10.6. The number of hydrogen-bond donors (Lipinski definition) is 1. The number of benzene rings is 2. The molecule has 1 atom stereocenters. The van der Waals surface area contributed by atoms with Crippen LogP contribution < -0.4 is 4.74 Å². The monoisotopic (exact) mass is 560 g/mol. The summed E-state index contributed by atoms with van der Waals surface area (Å²) in [4.78, 5) is 34.0. The number of fused-ring (bicyclic) bond motifs is 1. The molecule has 4 rings (SSSR count). The molecule has 0 spiro atoms. The molecule has 1 aliphatic carbocycles. The average molecular weight is 561 g/mol. The van der Waals surface area contributed by atoms with Crippen molar-refractivity contribution in [1.82, 2.24) is 9.97 Å². The summed E-state index contributed by atoms with van der Waals surface area (Å²) in [6.45, 7) is 7.83. The fraction of sp³-hybridized carbons (Fsp3) is 0.529. The maximum atomic E-state index is 13.1. The minimum absolute atomic E-state index is 0.297. The number of ether oxygens (including phenoxy) is 2. The van der Waals surface area contributed by atoms with Gasteiger partial charge in [-0.25, -0.2) is 19.6 Å². The molecule has 1 saturated carbocycles. The number of carboxylic acids is 1. The third-order valence-electron chi connectivity index (χ3n) is 7.72. The van der Waals surface area contributed by atoms with Crippen molar-refractivity contribution < 1.29 is 24.2 Å². The number of carboxylic acid groups (broad SMARTS) is 1. The Labute approximate surface area is 243 Å². The lowest BCUT2D eigenvalue weighted by molar-refractivity contribution is -0.145. The second-order valence-electron chi connectivity index (χ2n) is 12.2. The summed E-state index contributed by atoms with van der Waals surface area (Å²) in [6.07, 6.45) is 12.0. The minimum Gasteiger partial charge on any atom is -0.479 e. The zero-order chi connectivity index (χ0) is 29.4. The van der Waals surface area contributed by atoms with Gasteiger partial charge in [0, 0.05) is 17.0 Å². The summed E-state index contributed by atoms with van der Waals surface area (Å²) in [5.74, 6) is -0.460. The molecule has 1 heterocycles. The molecule has 0 radical (unpaired) electrons. The second kappa shape index (κ2) is 13.9. The summed E-state index contributed by atoms with van der Waals surface area (Å²) in [5.41, 5.74) is 3.41. The highest BCUT2D eigenvalue weighted by Crippen LogP contribution is 2.39. The van der Waals surface area contributed by atoms with Crippen molar-refractivity contribution >= 4 is 22.8 Å². The number of esters is 1. The third kappa shape index (κ3) is 8.27. The number of unbranched alkanes of at least 4 members (excludes halogenated alkanes) is 5. The Morgan fingerprint density at radius 3 is 2.41 bits per heavy atom. The molecule has 3 aromatic rings. The van der Waals surface area contributed by atoms with Crippen LogP contribution in [0.4, 0.5) is 0 Å². The Bertz CT molecular complexity index is 1340. The van der Waals surface area contributed by atoms with Crippen molar-refractivity contribution in [1.29, 1.82) is 0 Å². The SMILES string of the molecule is CCCCCCCCC(Oc1ccc2c(-c3ccc(C(=O)OC(C)(C)C)c(C4CCCC4)c3)ncnc2c1)C(=O)O. The number of carbonyl (C=O) groups excluding carboxylic acids is 1. The van der Waals surface area contributed by atoms with E-state index in [1.54, 1.807) is 12.1 Å². The molecule has 0 bridgehead atoms. The lowest BCUT2D eigenvalue weighted by atomic mass is 9.90. The molecule has 7 nitrogen and oxygen atoms in total. The summed E-state index contributed by atoms with van der Waals surface area (Å²) in [6, 6.07) is 11.3. The molecule has 0 aliphatic heterocycles. The van der Waals surface area contributed by atoms with E-state index in [2.05, 4.69) is 23.0 Å². The van der Waals surface area contributed by atoms with Gasteiger partial charge in [0.1, 0.15) is 17.7 Å². The van der Waals surface area contributed by atoms with E-state index in [1.807, 2.05) is 39.0 Å². The molecule has 0 amide bonds. The van der Waals surface area contributed by atoms with E-state index in [1.165, 1.54) is 25.6 Å². The first-order valence-corrected chi connectivity index (χ1v) is 15.2. The molecule has 1 aliphatic rings. The number of hydrogen-bond acceptors (Lipinski definition) is 6. The largest absolute Gasteiger partial charge is 0.479 e. The van der Waals surface area contributed by atoms with E-state index in [9.17, 15) is 14.7 Å². The third-order valence-corrected chi connectivity index (χ3v) is 7.72. The molecule has 7 heteroatoms. The molecule has 0 saturated heterocycles. The van der Waals surface area contributed by atoms with Crippen molar-refractivity contribution in [3.63, 3.8) is 0 Å². The minimum atomic E-state index is -0.952. The summed E-state index contributed by atoms with van der Waals surface area (Å²) >= 11 is 0. The fourth-order valence-corrected chi connectivity index (χ4v) is 5.65. The highest BCUT2D eigenvalue weighted by molar-refractivity contribution is 5.96. The van der Waals surface area contributed by atoms with Gasteiger partial charge in [-0.2, -0.15) is 0 Å². The number of aliphatic carboxylic acids is 1. The van der Waals surface area contributed by atoms with Gasteiger partial charge in [-0.15, -0.1) is 0 Å². The van der Waals surface area contributed by atoms with Crippen LogP contribution in [0.25, 0.3) is 22.2 Å². The average Bonchev–Trinajstić information content (AvgIpc) is 3.47. The van der Waals surface area contributed by atoms with Crippen LogP contribution >= 0.6 is 0 Å². The van der Waals surface area contributed by atoms with Crippen LogP contribution in [0.5, 0.6) is 5.75 Å². The van der Waals surface area contributed by atoms with Gasteiger partial charge in [0.05, 0.1) is 16.8 Å². The van der Waals surface area contributed by atoms with Crippen molar-refractivity contribution in [2.45, 2.75) is 116 Å². The first kappa shape index (κ1) is 30.5. The smallest absolute Gasteiger partial charge is 0.344 e. The zero-order valence-corrected chi connectivity index (χ0v) is 24.9. The van der Waals surface area contributed by atoms with Crippen LogP contribution in [-0.4, -0.2) is 38.7 Å². The molecule has 1 N–H and O–H groups in total. The first-order valence-electron chi connectivity index (χ1n) is 15.2. The molecule has 1 unspecified atom stereocenters. The van der Waals surface area contributed by atoms with Gasteiger partial charge < -0.3 is 14.6 Å². The molecular weight excluding hydrogens is 516 g/mol. The van der Waals surface area contributed by atoms with Crippen LogP contribution in [0.15, 0.2) is 42.7 Å². The van der Waals surface area contributed by atoms with Crippen LogP contribution in [0.2, 0.25) is 0 Å². The highest BCUT2D eigenvalue weighted by atomic mass is 16.6. The highest BCUT2D eigenvalue weighted by Gasteiger charge is 2.27. The van der Waals surface area contributed by atoms with Gasteiger partial charge in [0.25, 0.3) is 0 Å². The first-order chi connectivity index (χ1) is 19.7. The van der Waals surface area contributed by atoms with Crippen LogP contribution in [-0.2, 0) is 9.53 Å². The topological polar surface area (TPSA) is 98.6 Å². The molecule has 1 aromatic heterocycles. The molecular formula is C34H44N2O5. The van der Waals surface area contributed by atoms with Crippen molar-refractivity contribution in [3.05, 3.63) is 53.9 Å². The van der Waals surface area contributed by atoms with Gasteiger partial charge in [0.15, 0.2) is 6.10 Å². The second-order valence-corrected chi connectivity index (χ2v) is 12.2. The molecule has 41 heavy (non-hydrogen) atoms. The Hall–Kier alpha value is -3.48. The number of aromatic nitrogens is 2. The predicted molar refractivity (Wildman–Crippen MR) is 161 cm³/mol. The van der Waals surface area contributed by atoms with E-state index >= 15 is 0 Å². The van der Waals surface area contributed by atoms with E-state index in [0.717, 1.165) is 67.2 Å². The predicted octanol–water partition coefficient (Wildman–Crippen LogP) is 8.49. The Kier molecular flexibility index (Phi) is 10.4.